The summed E-state index contributed by atoms with van der Waals surface area (Å²) in [5, 5.41) is 15.4. The molecular formula is C27H48N6O4. The lowest BCUT2D eigenvalue weighted by Gasteiger charge is -2.38. The van der Waals surface area contributed by atoms with E-state index < -0.39 is 17.7 Å². The lowest BCUT2D eigenvalue weighted by Crippen LogP contribution is -2.57. The average molecular weight is 521 g/mol. The van der Waals surface area contributed by atoms with Crippen molar-refractivity contribution in [2.45, 2.75) is 96.6 Å². The van der Waals surface area contributed by atoms with Crippen molar-refractivity contribution in [3.8, 4) is 6.07 Å². The third kappa shape index (κ3) is 10.9. The number of aliphatic imine (C=N–C) groups is 1. The predicted octanol–water partition coefficient (Wildman–Crippen LogP) is 3.42. The highest BCUT2D eigenvalue weighted by Gasteiger charge is 2.37. The average Bonchev–Trinajstić information content (AvgIpc) is 2.94. The van der Waals surface area contributed by atoms with Crippen LogP contribution in [0.4, 0.5) is 4.79 Å². The molecule has 1 aliphatic carbocycles. The molecule has 10 nitrogen and oxygen atoms in total. The molecule has 2 saturated heterocycles. The van der Waals surface area contributed by atoms with Crippen molar-refractivity contribution in [1.29, 1.82) is 5.26 Å². The second-order valence-electron chi connectivity index (χ2n) is 9.97. The SMILES string of the molecule is C1CCCCC1.CCCN1CCC(C#N)(NC(=O)C(CC)N=C(NC(=O)OCC)N2CCOCC2)CC1. The van der Waals surface area contributed by atoms with E-state index in [1.165, 1.54) is 38.5 Å². The van der Waals surface area contributed by atoms with Crippen LogP contribution in [0.2, 0.25) is 0 Å². The van der Waals surface area contributed by atoms with Crippen LogP contribution in [0.25, 0.3) is 0 Å². The van der Waals surface area contributed by atoms with E-state index in [0.29, 0.717) is 51.5 Å². The Morgan fingerprint density at radius 3 is 2.11 bits per heavy atom. The Labute approximate surface area is 223 Å². The zero-order chi connectivity index (χ0) is 26.9. The fraction of sp³-hybridized carbons (Fsp3) is 0.852. The van der Waals surface area contributed by atoms with Gasteiger partial charge in [0, 0.05) is 26.2 Å². The maximum Gasteiger partial charge on any atom is 0.413 e. The first-order valence-electron chi connectivity index (χ1n) is 14.3. The van der Waals surface area contributed by atoms with Gasteiger partial charge in [0.1, 0.15) is 11.6 Å². The largest absolute Gasteiger partial charge is 0.450 e. The molecule has 1 saturated carbocycles. The summed E-state index contributed by atoms with van der Waals surface area (Å²) >= 11 is 0. The van der Waals surface area contributed by atoms with Crippen LogP contribution in [-0.4, -0.2) is 91.9 Å². The number of nitrogens with one attached hydrogen (secondary N) is 2. The minimum Gasteiger partial charge on any atom is -0.450 e. The van der Waals surface area contributed by atoms with E-state index in [-0.39, 0.29) is 12.5 Å². The van der Waals surface area contributed by atoms with Gasteiger partial charge in [0.05, 0.1) is 25.9 Å². The molecule has 10 heteroatoms. The lowest BCUT2D eigenvalue weighted by atomic mass is 9.88. The molecule has 2 amide bonds. The van der Waals surface area contributed by atoms with E-state index in [0.717, 1.165) is 26.1 Å². The first-order chi connectivity index (χ1) is 18.0. The molecule has 3 rings (SSSR count). The third-order valence-electron chi connectivity index (χ3n) is 7.09. The van der Waals surface area contributed by atoms with Gasteiger partial charge in [0.15, 0.2) is 0 Å². The maximum absolute atomic E-state index is 13.1. The van der Waals surface area contributed by atoms with Gasteiger partial charge in [0.2, 0.25) is 11.9 Å². The number of nitrogens with zero attached hydrogens (tertiary/aromatic N) is 4. The first kappa shape index (κ1) is 30.8. The molecule has 0 radical (unpaired) electrons. The van der Waals surface area contributed by atoms with Crippen molar-refractivity contribution < 1.29 is 19.1 Å². The molecule has 2 aliphatic heterocycles. The number of guanidine groups is 1. The van der Waals surface area contributed by atoms with Gasteiger partial charge >= 0.3 is 6.09 Å². The van der Waals surface area contributed by atoms with Crippen LogP contribution in [0.15, 0.2) is 4.99 Å². The molecule has 3 fully saturated rings. The topological polar surface area (TPSA) is 119 Å². The number of likely N-dealkylation sites (tertiary alicyclic amines) is 1. The summed E-state index contributed by atoms with van der Waals surface area (Å²) in [7, 11) is 0. The Morgan fingerprint density at radius 1 is 1.03 bits per heavy atom. The summed E-state index contributed by atoms with van der Waals surface area (Å²) in [5.41, 5.74) is -0.877. The number of alkyl carbamates (subject to hydrolysis) is 1. The monoisotopic (exact) mass is 520 g/mol. The van der Waals surface area contributed by atoms with E-state index in [4.69, 9.17) is 9.47 Å². The highest BCUT2D eigenvalue weighted by molar-refractivity contribution is 5.96. The zero-order valence-electron chi connectivity index (χ0n) is 23.2. The third-order valence-corrected chi connectivity index (χ3v) is 7.09. The standard InChI is InChI=1S/C21H36N6O4.C6H12/c1-4-9-26-10-7-21(16-22,8-11-26)25-18(28)17(5-2)23-19(24-20(29)31-6-3)27-12-14-30-15-13-27;1-2-4-6-5-3-1/h17H,4-15H2,1-3H3,(H,25,28)(H,23,24,29);1-6H2. The Morgan fingerprint density at radius 2 is 1.62 bits per heavy atom. The summed E-state index contributed by atoms with van der Waals surface area (Å²) in [6, 6.07) is 1.61. The smallest absolute Gasteiger partial charge is 0.413 e. The molecule has 1 unspecified atom stereocenters. The summed E-state index contributed by atoms with van der Waals surface area (Å²) in [5.74, 6) is -0.00284. The summed E-state index contributed by atoms with van der Waals surface area (Å²) in [6.45, 7) is 10.6. The molecule has 3 aliphatic rings. The minimum absolute atomic E-state index is 0.236. The number of piperidine rings is 1. The van der Waals surface area contributed by atoms with Crippen molar-refractivity contribution >= 4 is 18.0 Å². The minimum atomic E-state index is -0.877. The summed E-state index contributed by atoms with van der Waals surface area (Å²) < 4.78 is 10.4. The van der Waals surface area contributed by atoms with Gasteiger partial charge in [-0.1, -0.05) is 52.4 Å². The van der Waals surface area contributed by atoms with Gasteiger partial charge in [-0.15, -0.1) is 0 Å². The fourth-order valence-electron chi connectivity index (χ4n) is 4.83. The number of hydrogen-bond donors (Lipinski definition) is 2. The summed E-state index contributed by atoms with van der Waals surface area (Å²) in [4.78, 5) is 33.8. The van der Waals surface area contributed by atoms with Crippen LogP contribution in [0.1, 0.15) is 85.0 Å². The zero-order valence-corrected chi connectivity index (χ0v) is 23.2. The number of morpholine rings is 1. The molecule has 1 atom stereocenters. The number of nitriles is 1. The molecule has 37 heavy (non-hydrogen) atoms. The fourth-order valence-corrected chi connectivity index (χ4v) is 4.83. The maximum atomic E-state index is 13.1. The van der Waals surface area contributed by atoms with E-state index in [9.17, 15) is 14.9 Å². The van der Waals surface area contributed by atoms with E-state index in [1.807, 2.05) is 11.8 Å². The molecule has 0 aromatic rings. The molecule has 2 heterocycles. The van der Waals surface area contributed by atoms with Gasteiger partial charge < -0.3 is 24.6 Å². The van der Waals surface area contributed by atoms with Crippen LogP contribution in [0.5, 0.6) is 0 Å². The highest BCUT2D eigenvalue weighted by atomic mass is 16.5. The number of carbonyl (C=O) groups is 2. The Balaban J connectivity index is 0.000000700. The molecular weight excluding hydrogens is 472 g/mol. The van der Waals surface area contributed by atoms with Crippen molar-refractivity contribution in [2.75, 3.05) is 52.5 Å². The highest BCUT2D eigenvalue weighted by Crippen LogP contribution is 2.22. The Kier molecular flexibility index (Phi) is 14.3. The second kappa shape index (κ2) is 17.2. The second-order valence-corrected chi connectivity index (χ2v) is 9.97. The Bertz CT molecular complexity index is 739. The molecule has 2 N–H and O–H groups in total. The molecule has 0 aromatic heterocycles. The summed E-state index contributed by atoms with van der Waals surface area (Å²) in [6.07, 6.45) is 11.1. The van der Waals surface area contributed by atoms with Gasteiger partial charge in [0.25, 0.3) is 0 Å². The van der Waals surface area contributed by atoms with E-state index in [2.05, 4.69) is 33.5 Å². The number of rotatable bonds is 7. The van der Waals surface area contributed by atoms with Crippen LogP contribution in [0, 0.1) is 11.3 Å². The van der Waals surface area contributed by atoms with E-state index in [1.54, 1.807) is 6.92 Å². The number of ether oxygens (including phenoxy) is 2. The van der Waals surface area contributed by atoms with Crippen molar-refractivity contribution in [1.82, 2.24) is 20.4 Å². The Hall–Kier alpha value is -2.38. The van der Waals surface area contributed by atoms with Gasteiger partial charge in [-0.25, -0.2) is 9.79 Å². The van der Waals surface area contributed by atoms with Crippen molar-refractivity contribution in [3.05, 3.63) is 0 Å². The van der Waals surface area contributed by atoms with Crippen LogP contribution >= 0.6 is 0 Å². The van der Waals surface area contributed by atoms with Gasteiger partial charge in [-0.05, 0) is 39.2 Å². The van der Waals surface area contributed by atoms with E-state index >= 15 is 0 Å². The van der Waals surface area contributed by atoms with Crippen molar-refractivity contribution in [3.63, 3.8) is 0 Å². The predicted molar refractivity (Wildman–Crippen MR) is 144 cm³/mol. The van der Waals surface area contributed by atoms with Crippen LogP contribution < -0.4 is 10.6 Å². The lowest BCUT2D eigenvalue weighted by molar-refractivity contribution is -0.124. The quantitative estimate of drug-likeness (QED) is 0.390. The molecule has 210 valence electrons. The van der Waals surface area contributed by atoms with Gasteiger partial charge in [-0.3, -0.25) is 10.1 Å². The normalized spacial score (nSPS) is 21.0. The molecule has 0 aromatic carbocycles. The number of amides is 2. The van der Waals surface area contributed by atoms with Gasteiger partial charge in [-0.2, -0.15) is 5.26 Å². The number of hydrogen-bond acceptors (Lipinski definition) is 7. The van der Waals surface area contributed by atoms with Crippen LogP contribution in [-0.2, 0) is 14.3 Å². The van der Waals surface area contributed by atoms with Crippen molar-refractivity contribution in [2.24, 2.45) is 4.99 Å². The number of carbonyl (C=O) groups excluding carboxylic acids is 2. The first-order valence-corrected chi connectivity index (χ1v) is 14.3. The van der Waals surface area contributed by atoms with Crippen LogP contribution in [0.3, 0.4) is 0 Å². The molecule has 0 spiro atoms. The molecule has 0 bridgehead atoms.